The predicted molar refractivity (Wildman–Crippen MR) is 82.6 cm³/mol. The molecule has 1 amide bonds. The average Bonchev–Trinajstić information content (AvgIpc) is 2.55. The number of carbonyl (C=O) groups is 1. The van der Waals surface area contributed by atoms with E-state index in [0.717, 1.165) is 51.3 Å². The molecular formula is C17H24N2O3. The van der Waals surface area contributed by atoms with Crippen LogP contribution in [0.1, 0.15) is 26.2 Å². The second kappa shape index (κ2) is 6.65. The largest absolute Gasteiger partial charge is 0.492 e. The number of carbonyl (C=O) groups excluding carboxylic acids is 1. The zero-order chi connectivity index (χ0) is 15.4. The molecule has 1 aromatic rings. The van der Waals surface area contributed by atoms with Gasteiger partial charge in [0.25, 0.3) is 0 Å². The molecule has 0 aromatic carbocycles. The molecule has 120 valence electrons. The van der Waals surface area contributed by atoms with Gasteiger partial charge in [-0.05, 0) is 36.8 Å². The van der Waals surface area contributed by atoms with Crippen LogP contribution in [0.4, 0.5) is 0 Å². The number of hydrogen-bond acceptors (Lipinski definition) is 4. The Morgan fingerprint density at radius 3 is 2.95 bits per heavy atom. The van der Waals surface area contributed by atoms with E-state index in [0.29, 0.717) is 12.5 Å². The summed E-state index contributed by atoms with van der Waals surface area (Å²) in [6, 6.07) is 3.82. The van der Waals surface area contributed by atoms with E-state index in [1.807, 2.05) is 17.0 Å². The van der Waals surface area contributed by atoms with Crippen LogP contribution in [-0.2, 0) is 9.53 Å². The van der Waals surface area contributed by atoms with E-state index in [9.17, 15) is 4.79 Å². The minimum atomic E-state index is 0.185. The first-order chi connectivity index (χ1) is 10.7. The molecule has 0 aliphatic carbocycles. The molecule has 1 unspecified atom stereocenters. The molecule has 2 aliphatic rings. The van der Waals surface area contributed by atoms with Crippen LogP contribution in [0, 0.1) is 11.3 Å². The highest BCUT2D eigenvalue weighted by Crippen LogP contribution is 2.44. The van der Waals surface area contributed by atoms with Gasteiger partial charge in [0.2, 0.25) is 5.91 Å². The smallest absolute Gasteiger partial charge is 0.219 e. The monoisotopic (exact) mass is 304 g/mol. The van der Waals surface area contributed by atoms with Gasteiger partial charge in [0.05, 0.1) is 19.4 Å². The first-order valence-corrected chi connectivity index (χ1v) is 8.06. The molecule has 0 bridgehead atoms. The number of pyridine rings is 1. The first kappa shape index (κ1) is 15.3. The van der Waals surface area contributed by atoms with E-state index in [-0.39, 0.29) is 11.3 Å². The molecule has 1 spiro atoms. The van der Waals surface area contributed by atoms with Crippen molar-refractivity contribution in [3.05, 3.63) is 24.5 Å². The molecule has 22 heavy (non-hydrogen) atoms. The lowest BCUT2D eigenvalue weighted by atomic mass is 9.66. The summed E-state index contributed by atoms with van der Waals surface area (Å²) in [7, 11) is 0. The molecule has 2 aliphatic heterocycles. The lowest BCUT2D eigenvalue weighted by Gasteiger charge is -2.48. The standard InChI is InChI=1S/C17H24N2O3/c1-14(20)19-8-4-17(5-9-19)6-10-21-12-15(17)13-22-16-3-2-7-18-11-16/h2-3,7,11,15H,4-6,8-10,12-13H2,1H3. The fraction of sp³-hybridized carbons (Fsp3) is 0.647. The maximum Gasteiger partial charge on any atom is 0.219 e. The highest BCUT2D eigenvalue weighted by atomic mass is 16.5. The summed E-state index contributed by atoms with van der Waals surface area (Å²) in [6.07, 6.45) is 6.66. The van der Waals surface area contributed by atoms with Crippen LogP contribution < -0.4 is 4.74 Å². The Labute approximate surface area is 131 Å². The molecule has 0 radical (unpaired) electrons. The lowest BCUT2D eigenvalue weighted by molar-refractivity contribution is -0.135. The topological polar surface area (TPSA) is 51.7 Å². The third-order valence-electron chi connectivity index (χ3n) is 5.22. The van der Waals surface area contributed by atoms with E-state index in [2.05, 4.69) is 4.98 Å². The van der Waals surface area contributed by atoms with Crippen LogP contribution in [0.5, 0.6) is 5.75 Å². The van der Waals surface area contributed by atoms with Crippen molar-refractivity contribution in [3.8, 4) is 5.75 Å². The lowest BCUT2D eigenvalue weighted by Crippen LogP contribution is -2.50. The molecule has 2 fully saturated rings. The SMILES string of the molecule is CC(=O)N1CCC2(CCOCC2COc2cccnc2)CC1. The van der Waals surface area contributed by atoms with E-state index in [1.54, 1.807) is 19.3 Å². The maximum atomic E-state index is 11.5. The predicted octanol–water partition coefficient (Wildman–Crippen LogP) is 2.13. The molecule has 1 aromatic heterocycles. The number of nitrogens with zero attached hydrogens (tertiary/aromatic N) is 2. The van der Waals surface area contributed by atoms with Crippen molar-refractivity contribution >= 4 is 5.91 Å². The summed E-state index contributed by atoms with van der Waals surface area (Å²) in [5.74, 6) is 1.38. The Morgan fingerprint density at radius 2 is 2.27 bits per heavy atom. The zero-order valence-corrected chi connectivity index (χ0v) is 13.2. The van der Waals surface area contributed by atoms with Gasteiger partial charge in [-0.25, -0.2) is 0 Å². The van der Waals surface area contributed by atoms with Crippen molar-refractivity contribution in [2.75, 3.05) is 32.9 Å². The van der Waals surface area contributed by atoms with Crippen molar-refractivity contribution in [1.29, 1.82) is 0 Å². The molecule has 3 rings (SSSR count). The number of piperidine rings is 1. The first-order valence-electron chi connectivity index (χ1n) is 8.06. The molecule has 0 N–H and O–H groups in total. The van der Waals surface area contributed by atoms with Gasteiger partial charge < -0.3 is 14.4 Å². The van der Waals surface area contributed by atoms with Crippen LogP contribution in [0.2, 0.25) is 0 Å². The van der Waals surface area contributed by atoms with Crippen molar-refractivity contribution in [1.82, 2.24) is 9.88 Å². The van der Waals surface area contributed by atoms with E-state index in [1.165, 1.54) is 0 Å². The number of hydrogen-bond donors (Lipinski definition) is 0. The summed E-state index contributed by atoms with van der Waals surface area (Å²) in [5.41, 5.74) is 0.256. The van der Waals surface area contributed by atoms with Gasteiger partial charge in [0, 0.05) is 38.7 Å². The van der Waals surface area contributed by atoms with Gasteiger partial charge in [0.1, 0.15) is 5.75 Å². The highest BCUT2D eigenvalue weighted by molar-refractivity contribution is 5.73. The van der Waals surface area contributed by atoms with E-state index in [4.69, 9.17) is 9.47 Å². The van der Waals surface area contributed by atoms with Gasteiger partial charge in [-0.2, -0.15) is 0 Å². The van der Waals surface area contributed by atoms with E-state index < -0.39 is 0 Å². The summed E-state index contributed by atoms with van der Waals surface area (Å²) in [4.78, 5) is 17.6. The van der Waals surface area contributed by atoms with Gasteiger partial charge in [-0.15, -0.1) is 0 Å². The van der Waals surface area contributed by atoms with Crippen LogP contribution in [0.15, 0.2) is 24.5 Å². The molecule has 2 saturated heterocycles. The number of rotatable bonds is 3. The van der Waals surface area contributed by atoms with Crippen molar-refractivity contribution in [3.63, 3.8) is 0 Å². The molecule has 3 heterocycles. The molecular weight excluding hydrogens is 280 g/mol. The van der Waals surface area contributed by atoms with Crippen molar-refractivity contribution in [2.45, 2.75) is 26.2 Å². The third-order valence-corrected chi connectivity index (χ3v) is 5.22. The Kier molecular flexibility index (Phi) is 4.62. The van der Waals surface area contributed by atoms with Crippen LogP contribution in [0.25, 0.3) is 0 Å². The minimum absolute atomic E-state index is 0.185. The Morgan fingerprint density at radius 1 is 1.45 bits per heavy atom. The number of ether oxygens (including phenoxy) is 2. The number of aromatic nitrogens is 1. The summed E-state index contributed by atoms with van der Waals surface area (Å²) in [6.45, 7) is 5.61. The van der Waals surface area contributed by atoms with Crippen molar-refractivity contribution in [2.24, 2.45) is 11.3 Å². The third kappa shape index (κ3) is 3.24. The van der Waals surface area contributed by atoms with Crippen LogP contribution >= 0.6 is 0 Å². The van der Waals surface area contributed by atoms with Gasteiger partial charge >= 0.3 is 0 Å². The average molecular weight is 304 g/mol. The fourth-order valence-corrected chi connectivity index (χ4v) is 3.66. The minimum Gasteiger partial charge on any atom is -0.492 e. The highest BCUT2D eigenvalue weighted by Gasteiger charge is 2.44. The van der Waals surface area contributed by atoms with E-state index >= 15 is 0 Å². The summed E-state index contributed by atoms with van der Waals surface area (Å²) in [5, 5.41) is 0. The normalized spacial score (nSPS) is 24.2. The fourth-order valence-electron chi connectivity index (χ4n) is 3.66. The van der Waals surface area contributed by atoms with Gasteiger partial charge in [0.15, 0.2) is 0 Å². The molecule has 5 heteroatoms. The summed E-state index contributed by atoms with van der Waals surface area (Å²) < 4.78 is 11.6. The number of likely N-dealkylation sites (tertiary alicyclic amines) is 1. The zero-order valence-electron chi connectivity index (χ0n) is 13.2. The Bertz CT molecular complexity index is 498. The second-order valence-corrected chi connectivity index (χ2v) is 6.39. The van der Waals surface area contributed by atoms with Crippen molar-refractivity contribution < 1.29 is 14.3 Å². The van der Waals surface area contributed by atoms with Gasteiger partial charge in [-0.3, -0.25) is 9.78 Å². The summed E-state index contributed by atoms with van der Waals surface area (Å²) >= 11 is 0. The second-order valence-electron chi connectivity index (χ2n) is 6.39. The maximum absolute atomic E-state index is 11.5. The van der Waals surface area contributed by atoms with Crippen LogP contribution in [0.3, 0.4) is 0 Å². The quantitative estimate of drug-likeness (QED) is 0.858. The Balaban J connectivity index is 1.63. The molecule has 0 saturated carbocycles. The Hall–Kier alpha value is -1.62. The molecule has 5 nitrogen and oxygen atoms in total. The molecule has 1 atom stereocenters. The number of amides is 1. The van der Waals surface area contributed by atoms with Crippen LogP contribution in [-0.4, -0.2) is 48.7 Å². The van der Waals surface area contributed by atoms with Gasteiger partial charge in [-0.1, -0.05) is 0 Å².